The lowest BCUT2D eigenvalue weighted by Crippen LogP contribution is -2.22. The third-order valence-corrected chi connectivity index (χ3v) is 2.89. The molecule has 0 radical (unpaired) electrons. The molecule has 3 heteroatoms. The Morgan fingerprint density at radius 1 is 1.06 bits per heavy atom. The number of rotatable bonds is 2. The fourth-order valence-corrected chi connectivity index (χ4v) is 1.76. The van der Waals surface area contributed by atoms with E-state index in [0.717, 1.165) is 5.82 Å². The van der Waals surface area contributed by atoms with E-state index in [2.05, 4.69) is 35.9 Å². The van der Waals surface area contributed by atoms with Gasteiger partial charge in [0.25, 0.3) is 0 Å². The second-order valence-electron chi connectivity index (χ2n) is 4.19. The van der Waals surface area contributed by atoms with Crippen molar-refractivity contribution in [2.75, 3.05) is 0 Å². The van der Waals surface area contributed by atoms with Gasteiger partial charge in [-0.1, -0.05) is 41.9 Å². The Kier molecular flexibility index (Phi) is 2.92. The maximum Gasteiger partial charge on any atom is 0.139 e. The number of halogens is 1. The average Bonchev–Trinajstić information content (AvgIpc) is 2.30. The van der Waals surface area contributed by atoms with Crippen molar-refractivity contribution < 1.29 is 0 Å². The van der Waals surface area contributed by atoms with Crippen LogP contribution in [0.15, 0.2) is 42.6 Å². The van der Waals surface area contributed by atoms with Crippen molar-refractivity contribution in [2.24, 2.45) is 0 Å². The van der Waals surface area contributed by atoms with E-state index in [4.69, 9.17) is 11.6 Å². The van der Waals surface area contributed by atoms with Crippen molar-refractivity contribution in [2.45, 2.75) is 19.3 Å². The van der Waals surface area contributed by atoms with Gasteiger partial charge in [0, 0.05) is 11.6 Å². The summed E-state index contributed by atoms with van der Waals surface area (Å²) in [5.41, 5.74) is 0.948. The van der Waals surface area contributed by atoms with Gasteiger partial charge in [0.15, 0.2) is 0 Å². The molecule has 0 saturated heterocycles. The van der Waals surface area contributed by atoms with E-state index in [1.807, 2.05) is 18.2 Å². The van der Waals surface area contributed by atoms with Crippen LogP contribution in [0.2, 0.25) is 5.15 Å². The van der Waals surface area contributed by atoms with Gasteiger partial charge in [-0.25, -0.2) is 9.97 Å². The number of hydrogen-bond donors (Lipinski definition) is 0. The molecule has 16 heavy (non-hydrogen) atoms. The summed E-state index contributed by atoms with van der Waals surface area (Å²) in [6.45, 7) is 4.18. The molecule has 82 valence electrons. The minimum absolute atomic E-state index is 0.230. The van der Waals surface area contributed by atoms with Crippen molar-refractivity contribution in [3.05, 3.63) is 59.1 Å². The van der Waals surface area contributed by atoms with Gasteiger partial charge in [0.2, 0.25) is 0 Å². The minimum Gasteiger partial charge on any atom is -0.240 e. The van der Waals surface area contributed by atoms with Crippen LogP contribution < -0.4 is 0 Å². The van der Waals surface area contributed by atoms with Gasteiger partial charge >= 0.3 is 0 Å². The first-order valence-electron chi connectivity index (χ1n) is 5.15. The molecule has 1 aromatic heterocycles. The second kappa shape index (κ2) is 4.22. The van der Waals surface area contributed by atoms with Crippen LogP contribution in [-0.4, -0.2) is 9.97 Å². The molecule has 2 rings (SSSR count). The number of aromatic nitrogens is 2. The third-order valence-electron chi connectivity index (χ3n) is 2.68. The number of benzene rings is 1. The first-order chi connectivity index (χ1) is 7.60. The fraction of sp³-hybridized carbons (Fsp3) is 0.231. The van der Waals surface area contributed by atoms with Crippen LogP contribution in [0.1, 0.15) is 25.2 Å². The highest BCUT2D eigenvalue weighted by atomic mass is 35.5. The van der Waals surface area contributed by atoms with Gasteiger partial charge < -0.3 is 0 Å². The van der Waals surface area contributed by atoms with Crippen molar-refractivity contribution in [3.63, 3.8) is 0 Å². The largest absolute Gasteiger partial charge is 0.240 e. The Balaban J connectivity index is 2.47. The van der Waals surface area contributed by atoms with Crippen molar-refractivity contribution >= 4 is 11.6 Å². The van der Waals surface area contributed by atoms with Crippen molar-refractivity contribution in [3.8, 4) is 0 Å². The van der Waals surface area contributed by atoms with Crippen LogP contribution in [0, 0.1) is 0 Å². The molecule has 0 aliphatic rings. The highest BCUT2D eigenvalue weighted by Gasteiger charge is 2.25. The van der Waals surface area contributed by atoms with Gasteiger partial charge in [-0.05, 0) is 25.5 Å². The summed E-state index contributed by atoms with van der Waals surface area (Å²) in [7, 11) is 0. The van der Waals surface area contributed by atoms with Crippen LogP contribution in [0.4, 0.5) is 0 Å². The predicted octanol–water partition coefficient (Wildman–Crippen LogP) is 3.46. The topological polar surface area (TPSA) is 25.8 Å². The zero-order chi connectivity index (χ0) is 11.6. The normalized spacial score (nSPS) is 11.4. The summed E-state index contributed by atoms with van der Waals surface area (Å²) in [4.78, 5) is 8.57. The Bertz CT molecular complexity index is 480. The van der Waals surface area contributed by atoms with Crippen LogP contribution in [0.25, 0.3) is 0 Å². The molecule has 0 aliphatic heterocycles. The summed E-state index contributed by atoms with van der Waals surface area (Å²) in [6.07, 6.45) is 1.69. The highest BCUT2D eigenvalue weighted by molar-refractivity contribution is 6.29. The Morgan fingerprint density at radius 2 is 1.75 bits per heavy atom. The molecule has 0 saturated carbocycles. The van der Waals surface area contributed by atoms with E-state index in [9.17, 15) is 0 Å². The zero-order valence-corrected chi connectivity index (χ0v) is 10.1. The third kappa shape index (κ3) is 2.07. The summed E-state index contributed by atoms with van der Waals surface area (Å²) in [5, 5.41) is 0.481. The SMILES string of the molecule is CC(C)(c1ccccc1)c1nccc(Cl)n1. The lowest BCUT2D eigenvalue weighted by Gasteiger charge is -2.23. The maximum atomic E-state index is 5.89. The molecular formula is C13H13ClN2. The number of hydrogen-bond acceptors (Lipinski definition) is 2. The second-order valence-corrected chi connectivity index (χ2v) is 4.58. The van der Waals surface area contributed by atoms with Gasteiger partial charge in [0.1, 0.15) is 11.0 Å². The summed E-state index contributed by atoms with van der Waals surface area (Å²) >= 11 is 5.89. The van der Waals surface area contributed by atoms with Gasteiger partial charge in [0.05, 0.1) is 0 Å². The number of nitrogens with zero attached hydrogens (tertiary/aromatic N) is 2. The summed E-state index contributed by atoms with van der Waals surface area (Å²) in [6, 6.07) is 11.9. The Hall–Kier alpha value is -1.41. The van der Waals surface area contributed by atoms with Crippen LogP contribution in [-0.2, 0) is 5.41 Å². The molecule has 2 aromatic rings. The molecule has 0 unspecified atom stereocenters. The van der Waals surface area contributed by atoms with E-state index in [1.165, 1.54) is 5.56 Å². The summed E-state index contributed by atoms with van der Waals surface area (Å²) in [5.74, 6) is 0.742. The first-order valence-corrected chi connectivity index (χ1v) is 5.53. The molecule has 0 atom stereocenters. The van der Waals surface area contributed by atoms with Gasteiger partial charge in [-0.3, -0.25) is 0 Å². The van der Waals surface area contributed by atoms with Gasteiger partial charge in [-0.15, -0.1) is 0 Å². The van der Waals surface area contributed by atoms with Gasteiger partial charge in [-0.2, -0.15) is 0 Å². The van der Waals surface area contributed by atoms with Crippen LogP contribution >= 0.6 is 11.6 Å². The molecule has 0 bridgehead atoms. The highest BCUT2D eigenvalue weighted by Crippen LogP contribution is 2.28. The molecular weight excluding hydrogens is 220 g/mol. The predicted molar refractivity (Wildman–Crippen MR) is 65.6 cm³/mol. The zero-order valence-electron chi connectivity index (χ0n) is 9.31. The Labute approximate surface area is 100 Å². The van der Waals surface area contributed by atoms with Crippen molar-refractivity contribution in [1.82, 2.24) is 9.97 Å². The smallest absolute Gasteiger partial charge is 0.139 e. The van der Waals surface area contributed by atoms with Crippen molar-refractivity contribution in [1.29, 1.82) is 0 Å². The lowest BCUT2D eigenvalue weighted by atomic mass is 9.84. The molecule has 0 amide bonds. The van der Waals surface area contributed by atoms with E-state index in [0.29, 0.717) is 5.15 Å². The average molecular weight is 233 g/mol. The first kappa shape index (κ1) is 11.1. The summed E-state index contributed by atoms with van der Waals surface area (Å²) < 4.78 is 0. The molecule has 0 aliphatic carbocycles. The lowest BCUT2D eigenvalue weighted by molar-refractivity contribution is 0.590. The minimum atomic E-state index is -0.230. The molecule has 0 fully saturated rings. The van der Waals surface area contributed by atoms with Crippen LogP contribution in [0.5, 0.6) is 0 Å². The molecule has 2 nitrogen and oxygen atoms in total. The van der Waals surface area contributed by atoms with Crippen LogP contribution in [0.3, 0.4) is 0 Å². The van der Waals surface area contributed by atoms with E-state index in [-0.39, 0.29) is 5.41 Å². The van der Waals surface area contributed by atoms with E-state index < -0.39 is 0 Å². The fourth-order valence-electron chi connectivity index (χ4n) is 1.62. The molecule has 1 heterocycles. The standard InChI is InChI=1S/C13H13ClN2/c1-13(2,10-6-4-3-5-7-10)12-15-9-8-11(14)16-12/h3-9H,1-2H3. The quantitative estimate of drug-likeness (QED) is 0.742. The maximum absolute atomic E-state index is 5.89. The van der Waals surface area contributed by atoms with E-state index >= 15 is 0 Å². The molecule has 0 N–H and O–H groups in total. The monoisotopic (exact) mass is 232 g/mol. The van der Waals surface area contributed by atoms with E-state index in [1.54, 1.807) is 12.3 Å². The molecule has 0 spiro atoms. The molecule has 1 aromatic carbocycles. The Morgan fingerprint density at radius 3 is 2.38 bits per heavy atom.